The van der Waals surface area contributed by atoms with Crippen molar-refractivity contribution in [1.82, 2.24) is 0 Å². The molecule has 1 aromatic carbocycles. The summed E-state index contributed by atoms with van der Waals surface area (Å²) in [5.41, 5.74) is 0.0620. The molecule has 0 heterocycles. The number of carboxylic acid groups (broad SMARTS) is 1. The van der Waals surface area contributed by atoms with Crippen LogP contribution in [0.25, 0.3) is 0 Å². The van der Waals surface area contributed by atoms with Gasteiger partial charge in [-0.2, -0.15) is 0 Å². The molecule has 0 amide bonds. The van der Waals surface area contributed by atoms with E-state index in [9.17, 15) is 4.79 Å². The monoisotopic (exact) mass is 318 g/mol. The summed E-state index contributed by atoms with van der Waals surface area (Å²) in [5.74, 6) is -0.692. The average molecular weight is 319 g/mol. The second-order valence-corrected chi connectivity index (χ2v) is 5.50. The lowest BCUT2D eigenvalue weighted by Crippen LogP contribution is -2.01. The first kappa shape index (κ1) is 17.1. The number of hydrogen-bond donors (Lipinski definition) is 1. The topological polar surface area (TPSA) is 46.5 Å². The molecule has 1 N–H and O–H groups in total. The number of halogens is 2. The summed E-state index contributed by atoms with van der Waals surface area (Å²) < 4.78 is 5.55. The number of ether oxygens (including phenoxy) is 1. The summed E-state index contributed by atoms with van der Waals surface area (Å²) >= 11 is 12.0. The van der Waals surface area contributed by atoms with E-state index in [1.807, 2.05) is 0 Å². The molecule has 0 unspecified atom stereocenters. The van der Waals surface area contributed by atoms with Gasteiger partial charge < -0.3 is 9.84 Å². The van der Waals surface area contributed by atoms with E-state index in [-0.39, 0.29) is 15.6 Å². The maximum Gasteiger partial charge on any atom is 0.335 e. The lowest BCUT2D eigenvalue weighted by molar-refractivity contribution is 0.0697. The Morgan fingerprint density at radius 2 is 1.65 bits per heavy atom. The molecule has 0 aliphatic carbocycles. The van der Waals surface area contributed by atoms with Crippen LogP contribution in [-0.4, -0.2) is 17.7 Å². The lowest BCUT2D eigenvalue weighted by atomic mass is 10.1. The molecular formula is C15H20Cl2O3. The van der Waals surface area contributed by atoms with Crippen molar-refractivity contribution in [2.24, 2.45) is 0 Å². The molecule has 0 radical (unpaired) electrons. The first-order valence-electron chi connectivity index (χ1n) is 6.91. The normalized spacial score (nSPS) is 10.6. The quantitative estimate of drug-likeness (QED) is 0.617. The predicted molar refractivity (Wildman–Crippen MR) is 82.3 cm³/mol. The zero-order valence-corrected chi connectivity index (χ0v) is 13.1. The van der Waals surface area contributed by atoms with Gasteiger partial charge in [-0.25, -0.2) is 4.79 Å². The molecular weight excluding hydrogens is 299 g/mol. The van der Waals surface area contributed by atoms with Crippen LogP contribution in [0, 0.1) is 0 Å². The number of carbonyl (C=O) groups is 1. The van der Waals surface area contributed by atoms with E-state index >= 15 is 0 Å². The van der Waals surface area contributed by atoms with Crippen LogP contribution in [0.15, 0.2) is 12.1 Å². The molecule has 0 fully saturated rings. The van der Waals surface area contributed by atoms with Gasteiger partial charge in [0.2, 0.25) is 0 Å². The van der Waals surface area contributed by atoms with E-state index in [4.69, 9.17) is 33.0 Å². The fraction of sp³-hybridized carbons (Fsp3) is 0.533. The molecule has 0 aliphatic heterocycles. The second kappa shape index (κ2) is 9.09. The van der Waals surface area contributed by atoms with Gasteiger partial charge in [-0.3, -0.25) is 0 Å². The van der Waals surface area contributed by atoms with Gasteiger partial charge in [0.15, 0.2) is 5.75 Å². The largest absolute Gasteiger partial charge is 0.490 e. The number of hydrogen-bond acceptors (Lipinski definition) is 2. The fourth-order valence-corrected chi connectivity index (χ4v) is 2.47. The standard InChI is InChI=1S/C15H20Cl2O3/c1-2-3-4-5-6-7-8-20-14-12(16)9-11(15(18)19)10-13(14)17/h9-10H,2-8H2,1H3,(H,18,19). The van der Waals surface area contributed by atoms with Gasteiger partial charge in [-0.05, 0) is 18.6 Å². The highest BCUT2D eigenvalue weighted by Crippen LogP contribution is 2.34. The number of aromatic carboxylic acids is 1. The van der Waals surface area contributed by atoms with Crippen molar-refractivity contribution >= 4 is 29.2 Å². The van der Waals surface area contributed by atoms with Crippen LogP contribution >= 0.6 is 23.2 Å². The summed E-state index contributed by atoms with van der Waals surface area (Å²) in [6, 6.07) is 2.71. The van der Waals surface area contributed by atoms with E-state index in [2.05, 4.69) is 6.92 Å². The van der Waals surface area contributed by atoms with Crippen LogP contribution in [0.3, 0.4) is 0 Å². The Bertz CT molecular complexity index is 424. The molecule has 5 heteroatoms. The highest BCUT2D eigenvalue weighted by atomic mass is 35.5. The summed E-state index contributed by atoms with van der Waals surface area (Å²) in [6.07, 6.45) is 7.02. The summed E-state index contributed by atoms with van der Waals surface area (Å²) in [5, 5.41) is 9.36. The molecule has 0 saturated carbocycles. The van der Waals surface area contributed by atoms with E-state index in [1.165, 1.54) is 37.8 Å². The van der Waals surface area contributed by atoms with Gasteiger partial charge in [0, 0.05) is 0 Å². The molecule has 0 bridgehead atoms. The van der Waals surface area contributed by atoms with E-state index in [0.717, 1.165) is 12.8 Å². The minimum atomic E-state index is -1.06. The fourth-order valence-electron chi connectivity index (χ4n) is 1.88. The van der Waals surface area contributed by atoms with Gasteiger partial charge in [-0.15, -0.1) is 0 Å². The molecule has 0 spiro atoms. The Morgan fingerprint density at radius 3 is 2.20 bits per heavy atom. The maximum atomic E-state index is 10.8. The molecule has 112 valence electrons. The van der Waals surface area contributed by atoms with E-state index in [1.54, 1.807) is 0 Å². The van der Waals surface area contributed by atoms with Crippen molar-refractivity contribution in [3.8, 4) is 5.75 Å². The van der Waals surface area contributed by atoms with Crippen LogP contribution < -0.4 is 4.74 Å². The van der Waals surface area contributed by atoms with Gasteiger partial charge in [0.1, 0.15) is 0 Å². The van der Waals surface area contributed by atoms with Crippen molar-refractivity contribution in [2.75, 3.05) is 6.61 Å². The Balaban J connectivity index is 2.42. The molecule has 0 aromatic heterocycles. The van der Waals surface area contributed by atoms with Gasteiger partial charge >= 0.3 is 5.97 Å². The number of benzene rings is 1. The first-order valence-corrected chi connectivity index (χ1v) is 7.67. The highest BCUT2D eigenvalue weighted by Gasteiger charge is 2.13. The first-order chi connectivity index (χ1) is 9.56. The molecule has 1 rings (SSSR count). The second-order valence-electron chi connectivity index (χ2n) is 4.69. The van der Waals surface area contributed by atoms with Crippen molar-refractivity contribution in [1.29, 1.82) is 0 Å². The van der Waals surface area contributed by atoms with Crippen LogP contribution in [-0.2, 0) is 0 Å². The Labute approximate surface area is 129 Å². The molecule has 0 saturated heterocycles. The molecule has 20 heavy (non-hydrogen) atoms. The molecule has 0 aliphatic rings. The van der Waals surface area contributed by atoms with E-state index < -0.39 is 5.97 Å². The SMILES string of the molecule is CCCCCCCCOc1c(Cl)cc(C(=O)O)cc1Cl. The van der Waals surface area contributed by atoms with Crippen molar-refractivity contribution < 1.29 is 14.6 Å². The number of rotatable bonds is 9. The van der Waals surface area contributed by atoms with Crippen LogP contribution in [0.5, 0.6) is 5.75 Å². The van der Waals surface area contributed by atoms with Crippen molar-refractivity contribution in [2.45, 2.75) is 45.4 Å². The van der Waals surface area contributed by atoms with Crippen molar-refractivity contribution in [3.05, 3.63) is 27.7 Å². The van der Waals surface area contributed by atoms with Crippen LogP contribution in [0.2, 0.25) is 10.0 Å². The summed E-state index contributed by atoms with van der Waals surface area (Å²) in [6.45, 7) is 2.73. The summed E-state index contributed by atoms with van der Waals surface area (Å²) in [7, 11) is 0. The van der Waals surface area contributed by atoms with Crippen LogP contribution in [0.4, 0.5) is 0 Å². The third kappa shape index (κ3) is 5.59. The van der Waals surface area contributed by atoms with Gasteiger partial charge in [0.25, 0.3) is 0 Å². The maximum absolute atomic E-state index is 10.8. The Morgan fingerprint density at radius 1 is 1.10 bits per heavy atom. The third-order valence-electron chi connectivity index (χ3n) is 2.99. The number of carboxylic acids is 1. The molecule has 1 aromatic rings. The van der Waals surface area contributed by atoms with Gasteiger partial charge in [0.05, 0.1) is 22.2 Å². The minimum absolute atomic E-state index is 0.0620. The third-order valence-corrected chi connectivity index (χ3v) is 3.55. The predicted octanol–water partition coefficient (Wildman–Crippen LogP) is 5.43. The van der Waals surface area contributed by atoms with E-state index in [0.29, 0.717) is 12.4 Å². The minimum Gasteiger partial charge on any atom is -0.490 e. The Kier molecular flexibility index (Phi) is 7.78. The zero-order valence-electron chi connectivity index (χ0n) is 11.6. The van der Waals surface area contributed by atoms with Crippen LogP contribution in [0.1, 0.15) is 55.8 Å². The summed E-state index contributed by atoms with van der Waals surface area (Å²) in [4.78, 5) is 10.8. The van der Waals surface area contributed by atoms with Crippen molar-refractivity contribution in [3.63, 3.8) is 0 Å². The smallest absolute Gasteiger partial charge is 0.335 e. The molecule has 3 nitrogen and oxygen atoms in total. The highest BCUT2D eigenvalue weighted by molar-refractivity contribution is 6.37. The average Bonchev–Trinajstić information content (AvgIpc) is 2.40. The zero-order chi connectivity index (χ0) is 15.0. The molecule has 0 atom stereocenters. The lowest BCUT2D eigenvalue weighted by Gasteiger charge is -2.10. The Hall–Kier alpha value is -0.930. The number of unbranched alkanes of at least 4 members (excludes halogenated alkanes) is 5. The van der Waals surface area contributed by atoms with Gasteiger partial charge in [-0.1, -0.05) is 62.2 Å².